The third-order valence-corrected chi connectivity index (χ3v) is 2.84. The first-order chi connectivity index (χ1) is 9.93. The van der Waals surface area contributed by atoms with E-state index >= 15 is 0 Å². The summed E-state index contributed by atoms with van der Waals surface area (Å²) < 4.78 is 0. The molecular formula is C16H13N3O. The summed E-state index contributed by atoms with van der Waals surface area (Å²) in [4.78, 5) is 5.09. The van der Waals surface area contributed by atoms with Gasteiger partial charge in [0.2, 0.25) is 0 Å². The van der Waals surface area contributed by atoms with E-state index in [2.05, 4.69) is 15.7 Å². The minimum Gasteiger partial charge on any atom is -0.382 e. The fourth-order valence-corrected chi connectivity index (χ4v) is 1.86. The van der Waals surface area contributed by atoms with Crippen LogP contribution in [-0.2, 0) is 0 Å². The van der Waals surface area contributed by atoms with Gasteiger partial charge >= 0.3 is 0 Å². The molecule has 0 bridgehead atoms. The van der Waals surface area contributed by atoms with E-state index in [1.54, 1.807) is 12.4 Å². The third kappa shape index (κ3) is 2.75. The fourth-order valence-electron chi connectivity index (χ4n) is 1.86. The molecule has 2 aromatic carbocycles. The summed E-state index contributed by atoms with van der Waals surface area (Å²) in [7, 11) is 0. The van der Waals surface area contributed by atoms with E-state index in [0.717, 1.165) is 22.2 Å². The van der Waals surface area contributed by atoms with Gasteiger partial charge in [0, 0.05) is 17.1 Å². The number of nitrogens with zero attached hydrogens (tertiary/aromatic N) is 2. The van der Waals surface area contributed by atoms with Crippen molar-refractivity contribution in [1.82, 2.24) is 15.7 Å². The fraction of sp³-hybridized carbons (Fsp3) is 0. The molecule has 3 aromatic rings. The van der Waals surface area contributed by atoms with Gasteiger partial charge in [0.1, 0.15) is 0 Å². The molecule has 0 saturated heterocycles. The Balaban J connectivity index is 0.000000121. The minimum atomic E-state index is 0.880. The largest absolute Gasteiger partial charge is 0.382 e. The lowest BCUT2D eigenvalue weighted by atomic mass is 10.2. The SMILES string of the molecule is C1=Cc2ccccc2ON1.c1ccc2nnccc2c1. The van der Waals surface area contributed by atoms with Gasteiger partial charge in [-0.05, 0) is 24.3 Å². The molecule has 0 unspecified atom stereocenters. The quantitative estimate of drug-likeness (QED) is 0.676. The van der Waals surface area contributed by atoms with E-state index in [9.17, 15) is 0 Å². The number of nitrogens with one attached hydrogen (secondary N) is 1. The van der Waals surface area contributed by atoms with Crippen molar-refractivity contribution in [2.75, 3.05) is 0 Å². The Morgan fingerprint density at radius 3 is 2.65 bits per heavy atom. The van der Waals surface area contributed by atoms with Crippen molar-refractivity contribution in [2.24, 2.45) is 0 Å². The van der Waals surface area contributed by atoms with E-state index in [4.69, 9.17) is 4.84 Å². The normalized spacial score (nSPS) is 11.6. The van der Waals surface area contributed by atoms with E-state index in [0.29, 0.717) is 0 Å². The number of aromatic nitrogens is 2. The van der Waals surface area contributed by atoms with E-state index in [1.807, 2.05) is 60.7 Å². The summed E-state index contributed by atoms with van der Waals surface area (Å²) in [5.41, 5.74) is 4.72. The highest BCUT2D eigenvalue weighted by atomic mass is 16.6. The molecule has 0 spiro atoms. The van der Waals surface area contributed by atoms with Crippen LogP contribution in [-0.4, -0.2) is 10.2 Å². The predicted octanol–water partition coefficient (Wildman–Crippen LogP) is 3.18. The highest BCUT2D eigenvalue weighted by molar-refractivity contribution is 5.77. The number of hydrogen-bond donors (Lipinski definition) is 1. The van der Waals surface area contributed by atoms with Crippen molar-refractivity contribution in [3.8, 4) is 5.75 Å². The van der Waals surface area contributed by atoms with Gasteiger partial charge in [-0.3, -0.25) is 0 Å². The van der Waals surface area contributed by atoms with Crippen LogP contribution in [0.1, 0.15) is 5.56 Å². The van der Waals surface area contributed by atoms with Gasteiger partial charge in [-0.1, -0.05) is 36.4 Å². The monoisotopic (exact) mass is 263 g/mol. The topological polar surface area (TPSA) is 47.0 Å². The molecule has 0 amide bonds. The zero-order valence-electron chi connectivity index (χ0n) is 10.7. The van der Waals surface area contributed by atoms with Crippen molar-refractivity contribution in [3.63, 3.8) is 0 Å². The molecule has 0 fully saturated rings. The molecular weight excluding hydrogens is 250 g/mol. The third-order valence-electron chi connectivity index (χ3n) is 2.84. The maximum atomic E-state index is 5.09. The summed E-state index contributed by atoms with van der Waals surface area (Å²) in [6.45, 7) is 0. The first-order valence-electron chi connectivity index (χ1n) is 6.28. The zero-order chi connectivity index (χ0) is 13.6. The highest BCUT2D eigenvalue weighted by Gasteiger charge is 2.01. The summed E-state index contributed by atoms with van der Waals surface area (Å²) in [5, 5.41) is 8.83. The molecule has 4 heteroatoms. The smallest absolute Gasteiger partial charge is 0.162 e. The molecule has 1 aromatic heterocycles. The number of hydrogen-bond acceptors (Lipinski definition) is 4. The molecule has 2 heterocycles. The van der Waals surface area contributed by atoms with Crippen LogP contribution in [0.25, 0.3) is 17.0 Å². The van der Waals surface area contributed by atoms with Crippen LogP contribution in [0.3, 0.4) is 0 Å². The van der Waals surface area contributed by atoms with Crippen molar-refractivity contribution in [1.29, 1.82) is 0 Å². The van der Waals surface area contributed by atoms with Gasteiger partial charge in [0.05, 0.1) is 11.7 Å². The molecule has 20 heavy (non-hydrogen) atoms. The van der Waals surface area contributed by atoms with Gasteiger partial charge in [-0.15, -0.1) is 0 Å². The Bertz CT molecular complexity index is 675. The number of rotatable bonds is 0. The first kappa shape index (κ1) is 12.2. The van der Waals surface area contributed by atoms with Crippen molar-refractivity contribution < 1.29 is 4.84 Å². The van der Waals surface area contributed by atoms with Gasteiger partial charge in [-0.25, -0.2) is 5.48 Å². The number of para-hydroxylation sites is 1. The summed E-state index contributed by atoms with van der Waals surface area (Å²) in [6.07, 6.45) is 5.43. The second kappa shape index (κ2) is 5.84. The molecule has 0 radical (unpaired) electrons. The zero-order valence-corrected chi connectivity index (χ0v) is 10.7. The summed E-state index contributed by atoms with van der Waals surface area (Å²) in [5.74, 6) is 0.880. The van der Waals surface area contributed by atoms with Crippen LogP contribution in [0.2, 0.25) is 0 Å². The van der Waals surface area contributed by atoms with Crippen LogP contribution in [0.4, 0.5) is 0 Å². The van der Waals surface area contributed by atoms with E-state index < -0.39 is 0 Å². The molecule has 98 valence electrons. The maximum absolute atomic E-state index is 5.09. The summed E-state index contributed by atoms with van der Waals surface area (Å²) >= 11 is 0. The average molecular weight is 263 g/mol. The van der Waals surface area contributed by atoms with E-state index in [-0.39, 0.29) is 0 Å². The van der Waals surface area contributed by atoms with Gasteiger partial charge in [0.15, 0.2) is 5.75 Å². The molecule has 4 nitrogen and oxygen atoms in total. The second-order valence-corrected chi connectivity index (χ2v) is 4.18. The number of fused-ring (bicyclic) bond motifs is 2. The Morgan fingerprint density at radius 2 is 1.75 bits per heavy atom. The maximum Gasteiger partial charge on any atom is 0.162 e. The van der Waals surface area contributed by atoms with Crippen LogP contribution in [0.15, 0.2) is 67.0 Å². The standard InChI is InChI=1S/C8H6N2.C8H7NO/c2*1-2-4-8-7(3-1)5-6-9-10-8/h1-6H;1-6,9H. The molecule has 4 rings (SSSR count). The van der Waals surface area contributed by atoms with Gasteiger partial charge in [-0.2, -0.15) is 10.2 Å². The lowest BCUT2D eigenvalue weighted by molar-refractivity contribution is 0.239. The average Bonchev–Trinajstić information content (AvgIpc) is 2.56. The molecule has 0 aliphatic carbocycles. The number of benzene rings is 2. The first-order valence-corrected chi connectivity index (χ1v) is 6.28. The van der Waals surface area contributed by atoms with E-state index in [1.165, 1.54) is 0 Å². The predicted molar refractivity (Wildman–Crippen MR) is 78.8 cm³/mol. The lowest BCUT2D eigenvalue weighted by Crippen LogP contribution is -2.13. The molecule has 0 atom stereocenters. The van der Waals surface area contributed by atoms with Gasteiger partial charge in [0.25, 0.3) is 0 Å². The molecule has 1 N–H and O–H groups in total. The van der Waals surface area contributed by atoms with Crippen molar-refractivity contribution in [2.45, 2.75) is 0 Å². The summed E-state index contributed by atoms with van der Waals surface area (Å²) in [6, 6.07) is 17.7. The minimum absolute atomic E-state index is 0.880. The Hall–Kier alpha value is -2.88. The van der Waals surface area contributed by atoms with Crippen LogP contribution >= 0.6 is 0 Å². The lowest BCUT2D eigenvalue weighted by Gasteiger charge is -2.11. The second-order valence-electron chi connectivity index (χ2n) is 4.18. The highest BCUT2D eigenvalue weighted by Crippen LogP contribution is 2.20. The Morgan fingerprint density at radius 1 is 0.900 bits per heavy atom. The Labute approximate surface area is 116 Å². The van der Waals surface area contributed by atoms with Crippen molar-refractivity contribution >= 4 is 17.0 Å². The van der Waals surface area contributed by atoms with Crippen LogP contribution < -0.4 is 10.3 Å². The van der Waals surface area contributed by atoms with Crippen LogP contribution in [0, 0.1) is 0 Å². The van der Waals surface area contributed by atoms with Crippen molar-refractivity contribution in [3.05, 3.63) is 72.6 Å². The van der Waals surface area contributed by atoms with Crippen LogP contribution in [0.5, 0.6) is 5.75 Å². The number of hydroxylamine groups is 1. The van der Waals surface area contributed by atoms with Gasteiger partial charge < -0.3 is 4.84 Å². The Kier molecular flexibility index (Phi) is 3.55. The molecule has 0 saturated carbocycles. The molecule has 1 aliphatic rings. The molecule has 1 aliphatic heterocycles.